The van der Waals surface area contributed by atoms with Gasteiger partial charge in [-0.2, -0.15) is 0 Å². The summed E-state index contributed by atoms with van der Waals surface area (Å²) in [5.41, 5.74) is 0. The topological polar surface area (TPSA) is 71.1 Å². The van der Waals surface area contributed by atoms with E-state index in [9.17, 15) is 9.59 Å². The quantitative estimate of drug-likeness (QED) is 0.252. The summed E-state index contributed by atoms with van der Waals surface area (Å²) < 4.78 is 21.7. The van der Waals surface area contributed by atoms with Crippen molar-refractivity contribution in [1.29, 1.82) is 0 Å². The van der Waals surface area contributed by atoms with Crippen LogP contribution >= 0.6 is 0 Å². The normalized spacial score (nSPS) is 23.9. The van der Waals surface area contributed by atoms with Gasteiger partial charge in [-0.1, -0.05) is 71.1 Å². The van der Waals surface area contributed by atoms with Gasteiger partial charge in [-0.25, -0.2) is 9.59 Å². The zero-order chi connectivity index (χ0) is 21.5. The van der Waals surface area contributed by atoms with E-state index in [1.807, 2.05) is 0 Å². The summed E-state index contributed by atoms with van der Waals surface area (Å²) in [6, 6.07) is 0. The van der Waals surface area contributed by atoms with E-state index in [-0.39, 0.29) is 13.2 Å². The smallest absolute Gasteiger partial charge is 0.338 e. The number of carbonyl (C=O) groups excluding carboxylic acids is 2. The molecule has 1 heterocycles. The largest absolute Gasteiger partial charge is 0.464 e. The van der Waals surface area contributed by atoms with Gasteiger partial charge in [0.1, 0.15) is 0 Å². The number of unbranched alkanes of at least 4 members (excludes halogenated alkanes) is 10. The average Bonchev–Trinajstić information content (AvgIpc) is 3.05. The number of hydrogen-bond donors (Lipinski definition) is 0. The van der Waals surface area contributed by atoms with Crippen molar-refractivity contribution >= 4 is 11.9 Å². The highest BCUT2D eigenvalue weighted by Gasteiger charge is 2.52. The van der Waals surface area contributed by atoms with Crippen molar-refractivity contribution in [3.63, 3.8) is 0 Å². The molecular formula is C23H42O6. The van der Waals surface area contributed by atoms with Gasteiger partial charge in [-0.3, -0.25) is 0 Å². The summed E-state index contributed by atoms with van der Waals surface area (Å²) in [5.74, 6) is -2.12. The third-order valence-corrected chi connectivity index (χ3v) is 5.30. The molecule has 1 rings (SSSR count). The van der Waals surface area contributed by atoms with Crippen molar-refractivity contribution in [2.24, 2.45) is 0 Å². The first-order valence-electron chi connectivity index (χ1n) is 11.7. The number of carbonyl (C=O) groups is 2. The zero-order valence-electron chi connectivity index (χ0n) is 19.0. The van der Waals surface area contributed by atoms with Gasteiger partial charge in [-0.15, -0.1) is 0 Å². The van der Waals surface area contributed by atoms with Gasteiger partial charge in [0, 0.05) is 6.42 Å². The van der Waals surface area contributed by atoms with Gasteiger partial charge >= 0.3 is 11.9 Å². The van der Waals surface area contributed by atoms with E-state index in [2.05, 4.69) is 6.92 Å². The van der Waals surface area contributed by atoms with Crippen LogP contribution in [0.2, 0.25) is 0 Å². The number of rotatable bonds is 16. The van der Waals surface area contributed by atoms with Crippen molar-refractivity contribution in [3.05, 3.63) is 0 Å². The molecule has 0 aromatic heterocycles. The summed E-state index contributed by atoms with van der Waals surface area (Å²) in [6.07, 6.45) is 12.3. The van der Waals surface area contributed by atoms with Crippen LogP contribution in [-0.2, 0) is 28.5 Å². The minimum Gasteiger partial charge on any atom is -0.464 e. The SMILES string of the molecule is CCCCCCCCCCCCCC1(C)OC(C(=O)OCC)C(C(=O)OCC)O1. The van der Waals surface area contributed by atoms with E-state index in [0.717, 1.165) is 12.8 Å². The molecule has 0 saturated carbocycles. The minimum atomic E-state index is -1.06. The fourth-order valence-electron chi connectivity index (χ4n) is 3.71. The van der Waals surface area contributed by atoms with Crippen molar-refractivity contribution in [2.45, 2.75) is 123 Å². The van der Waals surface area contributed by atoms with E-state index in [1.165, 1.54) is 57.8 Å². The van der Waals surface area contributed by atoms with Gasteiger partial charge < -0.3 is 18.9 Å². The lowest BCUT2D eigenvalue weighted by molar-refractivity contribution is -0.184. The highest BCUT2D eigenvalue weighted by Crippen LogP contribution is 2.34. The maximum Gasteiger partial charge on any atom is 0.338 e. The fraction of sp³-hybridized carbons (Fsp3) is 0.913. The summed E-state index contributed by atoms with van der Waals surface area (Å²) in [6.45, 7) is 7.92. The molecule has 6 nitrogen and oxygen atoms in total. The standard InChI is InChI=1S/C23H42O6/c1-5-8-9-10-11-12-13-14-15-16-17-18-23(4)28-19(21(24)26-6-2)20(29-23)22(25)27-7-3/h19-20H,5-18H2,1-4H3. The Morgan fingerprint density at radius 3 is 1.45 bits per heavy atom. The predicted octanol–water partition coefficient (Wildman–Crippen LogP) is 5.31. The van der Waals surface area contributed by atoms with Gasteiger partial charge in [0.15, 0.2) is 18.0 Å². The van der Waals surface area contributed by atoms with Gasteiger partial charge in [0.2, 0.25) is 0 Å². The Morgan fingerprint density at radius 2 is 1.07 bits per heavy atom. The van der Waals surface area contributed by atoms with Crippen LogP contribution in [0.5, 0.6) is 0 Å². The molecule has 2 unspecified atom stereocenters. The molecule has 1 aliphatic heterocycles. The Bertz CT molecular complexity index is 438. The first-order chi connectivity index (χ1) is 14.0. The van der Waals surface area contributed by atoms with Crippen molar-refractivity contribution < 1.29 is 28.5 Å². The van der Waals surface area contributed by atoms with Crippen LogP contribution in [0, 0.1) is 0 Å². The highest BCUT2D eigenvalue weighted by atomic mass is 16.8. The summed E-state index contributed by atoms with van der Waals surface area (Å²) in [7, 11) is 0. The van der Waals surface area contributed by atoms with Gasteiger partial charge in [-0.05, 0) is 27.2 Å². The molecule has 1 aliphatic rings. The lowest BCUT2D eigenvalue weighted by Gasteiger charge is -2.23. The van der Waals surface area contributed by atoms with Crippen molar-refractivity contribution in [2.75, 3.05) is 13.2 Å². The van der Waals surface area contributed by atoms with E-state index < -0.39 is 29.9 Å². The first kappa shape index (κ1) is 25.9. The van der Waals surface area contributed by atoms with Crippen LogP contribution in [0.3, 0.4) is 0 Å². The molecule has 0 bridgehead atoms. The lowest BCUT2D eigenvalue weighted by Crippen LogP contribution is -2.39. The van der Waals surface area contributed by atoms with Crippen LogP contribution in [-0.4, -0.2) is 43.1 Å². The Labute approximate surface area is 177 Å². The summed E-state index contributed by atoms with van der Waals surface area (Å²) >= 11 is 0. The molecule has 0 aromatic carbocycles. The van der Waals surface area contributed by atoms with Crippen LogP contribution in [0.1, 0.15) is 105 Å². The molecule has 2 atom stereocenters. The maximum atomic E-state index is 12.2. The van der Waals surface area contributed by atoms with Gasteiger partial charge in [0.25, 0.3) is 0 Å². The Morgan fingerprint density at radius 1 is 0.690 bits per heavy atom. The third-order valence-electron chi connectivity index (χ3n) is 5.30. The van der Waals surface area contributed by atoms with Crippen LogP contribution in [0.15, 0.2) is 0 Å². The predicted molar refractivity (Wildman–Crippen MR) is 112 cm³/mol. The average molecular weight is 415 g/mol. The molecule has 29 heavy (non-hydrogen) atoms. The van der Waals surface area contributed by atoms with Crippen LogP contribution in [0.25, 0.3) is 0 Å². The van der Waals surface area contributed by atoms with Crippen molar-refractivity contribution in [3.8, 4) is 0 Å². The molecule has 0 radical (unpaired) electrons. The number of ether oxygens (including phenoxy) is 4. The molecule has 0 amide bonds. The van der Waals surface area contributed by atoms with Crippen molar-refractivity contribution in [1.82, 2.24) is 0 Å². The molecular weight excluding hydrogens is 372 g/mol. The monoisotopic (exact) mass is 414 g/mol. The maximum absolute atomic E-state index is 12.2. The van der Waals surface area contributed by atoms with E-state index in [1.54, 1.807) is 20.8 Å². The van der Waals surface area contributed by atoms with E-state index >= 15 is 0 Å². The number of esters is 2. The van der Waals surface area contributed by atoms with E-state index in [4.69, 9.17) is 18.9 Å². The van der Waals surface area contributed by atoms with Crippen LogP contribution < -0.4 is 0 Å². The first-order valence-corrected chi connectivity index (χ1v) is 11.7. The number of hydrogen-bond acceptors (Lipinski definition) is 6. The second-order valence-corrected chi connectivity index (χ2v) is 8.00. The lowest BCUT2D eigenvalue weighted by atomic mass is 10.0. The molecule has 6 heteroatoms. The Hall–Kier alpha value is -1.14. The third kappa shape index (κ3) is 9.94. The van der Waals surface area contributed by atoms with E-state index in [0.29, 0.717) is 6.42 Å². The molecule has 0 aliphatic carbocycles. The van der Waals surface area contributed by atoms with Gasteiger partial charge in [0.05, 0.1) is 13.2 Å². The fourth-order valence-corrected chi connectivity index (χ4v) is 3.71. The Balaban J connectivity index is 2.30. The second kappa shape index (κ2) is 14.8. The minimum absolute atomic E-state index is 0.226. The molecule has 1 saturated heterocycles. The highest BCUT2D eigenvalue weighted by molar-refractivity contribution is 5.86. The van der Waals surface area contributed by atoms with Crippen LogP contribution in [0.4, 0.5) is 0 Å². The zero-order valence-corrected chi connectivity index (χ0v) is 19.0. The Kier molecular flexibility index (Phi) is 13.2. The second-order valence-electron chi connectivity index (χ2n) is 8.00. The molecule has 0 aromatic rings. The molecule has 1 fully saturated rings. The molecule has 170 valence electrons. The summed E-state index contributed by atoms with van der Waals surface area (Å²) in [5, 5.41) is 0. The molecule has 0 N–H and O–H groups in total. The molecule has 0 spiro atoms. The summed E-state index contributed by atoms with van der Waals surface area (Å²) in [4.78, 5) is 24.4.